The third-order valence-electron chi connectivity index (χ3n) is 1.17. The van der Waals surface area contributed by atoms with Gasteiger partial charge in [0.15, 0.2) is 11.5 Å². The van der Waals surface area contributed by atoms with Crippen LogP contribution in [0.1, 0.15) is 10.5 Å². The number of carboxylic acids is 1. The fraction of sp³-hybridized carbons (Fsp3) is 0. The van der Waals surface area contributed by atoms with E-state index in [0.29, 0.717) is 6.07 Å². The van der Waals surface area contributed by atoms with Crippen LogP contribution in [0.3, 0.4) is 0 Å². The number of nitrogen functional groups attached to an aromatic ring is 1. The van der Waals surface area contributed by atoms with Gasteiger partial charge in [-0.2, -0.15) is 4.39 Å². The normalized spacial score (nSPS) is 9.83. The topological polar surface area (TPSA) is 76.2 Å². The molecule has 12 heavy (non-hydrogen) atoms. The molecule has 0 saturated carbocycles. The van der Waals surface area contributed by atoms with Crippen molar-refractivity contribution < 1.29 is 18.7 Å². The third-order valence-corrected chi connectivity index (χ3v) is 1.17. The lowest BCUT2D eigenvalue weighted by Crippen LogP contribution is -2.08. The number of hydrogen-bond acceptors (Lipinski definition) is 3. The van der Waals surface area contributed by atoms with Crippen LogP contribution in [0.4, 0.5) is 14.5 Å². The van der Waals surface area contributed by atoms with Gasteiger partial charge in [0, 0.05) is 6.07 Å². The van der Waals surface area contributed by atoms with E-state index in [1.165, 1.54) is 0 Å². The average molecular weight is 174 g/mol. The summed E-state index contributed by atoms with van der Waals surface area (Å²) in [5, 5.41) is 8.35. The van der Waals surface area contributed by atoms with Gasteiger partial charge in [-0.05, 0) is 0 Å². The summed E-state index contributed by atoms with van der Waals surface area (Å²) in [4.78, 5) is 13.1. The molecule has 0 unspecified atom stereocenters. The summed E-state index contributed by atoms with van der Waals surface area (Å²) >= 11 is 0. The summed E-state index contributed by atoms with van der Waals surface area (Å²) in [6.45, 7) is 0. The molecule has 0 atom stereocenters. The quantitative estimate of drug-likeness (QED) is 0.612. The molecule has 0 saturated heterocycles. The zero-order valence-electron chi connectivity index (χ0n) is 5.71. The average Bonchev–Trinajstić information content (AvgIpc) is 1.96. The second-order valence-electron chi connectivity index (χ2n) is 2.00. The van der Waals surface area contributed by atoms with E-state index in [1.54, 1.807) is 0 Å². The number of carboxylic acid groups (broad SMARTS) is 1. The van der Waals surface area contributed by atoms with E-state index in [1.807, 2.05) is 0 Å². The van der Waals surface area contributed by atoms with Crippen molar-refractivity contribution in [2.45, 2.75) is 0 Å². The number of nitrogens with two attached hydrogens (primary N) is 1. The lowest BCUT2D eigenvalue weighted by atomic mass is 10.3. The number of halogens is 2. The first kappa shape index (κ1) is 8.38. The molecule has 64 valence electrons. The highest BCUT2D eigenvalue weighted by molar-refractivity contribution is 5.91. The van der Waals surface area contributed by atoms with E-state index in [2.05, 4.69) is 4.98 Å². The first-order chi connectivity index (χ1) is 5.52. The van der Waals surface area contributed by atoms with E-state index in [9.17, 15) is 13.6 Å². The summed E-state index contributed by atoms with van der Waals surface area (Å²) in [7, 11) is 0. The van der Waals surface area contributed by atoms with Crippen molar-refractivity contribution in [3.63, 3.8) is 0 Å². The Morgan fingerprint density at radius 2 is 2.17 bits per heavy atom. The van der Waals surface area contributed by atoms with Gasteiger partial charge in [-0.3, -0.25) is 0 Å². The maximum atomic E-state index is 12.3. The number of anilines is 1. The van der Waals surface area contributed by atoms with Gasteiger partial charge in [-0.25, -0.2) is 14.2 Å². The van der Waals surface area contributed by atoms with Crippen molar-refractivity contribution in [1.82, 2.24) is 4.98 Å². The summed E-state index contributed by atoms with van der Waals surface area (Å²) in [5.74, 6) is -4.23. The van der Waals surface area contributed by atoms with Crippen LogP contribution in [0.25, 0.3) is 0 Å². The molecule has 0 radical (unpaired) electrons. The van der Waals surface area contributed by atoms with E-state index in [-0.39, 0.29) is 0 Å². The predicted octanol–water partition coefficient (Wildman–Crippen LogP) is 0.640. The van der Waals surface area contributed by atoms with Crippen LogP contribution >= 0.6 is 0 Å². The Balaban J connectivity index is 3.33. The zero-order chi connectivity index (χ0) is 9.30. The molecule has 3 N–H and O–H groups in total. The molecule has 0 aliphatic rings. The van der Waals surface area contributed by atoms with E-state index >= 15 is 0 Å². The number of rotatable bonds is 1. The fourth-order valence-electron chi connectivity index (χ4n) is 0.652. The van der Waals surface area contributed by atoms with Crippen LogP contribution in [-0.2, 0) is 0 Å². The minimum absolute atomic E-state index is 0.401. The Hall–Kier alpha value is -1.72. The molecule has 0 aliphatic heterocycles. The first-order valence-corrected chi connectivity index (χ1v) is 2.87. The highest BCUT2D eigenvalue weighted by atomic mass is 19.2. The first-order valence-electron chi connectivity index (χ1n) is 2.87. The summed E-state index contributed by atoms with van der Waals surface area (Å²) in [6, 6.07) is 0.575. The molecule has 0 amide bonds. The van der Waals surface area contributed by atoms with E-state index in [4.69, 9.17) is 10.8 Å². The number of hydrogen-bond donors (Lipinski definition) is 2. The molecule has 1 aromatic rings. The SMILES string of the molecule is Nc1cc(F)c(F)nc1C(=O)O. The lowest BCUT2D eigenvalue weighted by Gasteiger charge is -1.99. The van der Waals surface area contributed by atoms with E-state index in [0.717, 1.165) is 0 Å². The van der Waals surface area contributed by atoms with Gasteiger partial charge < -0.3 is 10.8 Å². The highest BCUT2D eigenvalue weighted by Crippen LogP contribution is 2.12. The standard InChI is InChI=1S/C6H4F2N2O2/c7-2-1-3(9)4(6(11)12)10-5(2)8/h1H,9H2,(H,11,12). The van der Waals surface area contributed by atoms with Crippen LogP contribution in [0.15, 0.2) is 6.07 Å². The number of aromatic nitrogens is 1. The molecular weight excluding hydrogens is 170 g/mol. The Morgan fingerprint density at radius 1 is 1.58 bits per heavy atom. The van der Waals surface area contributed by atoms with Gasteiger partial charge in [0.2, 0.25) is 5.95 Å². The van der Waals surface area contributed by atoms with E-state index < -0.39 is 29.1 Å². The Labute approximate surface area is 65.6 Å². The molecule has 1 heterocycles. The number of aromatic carboxylic acids is 1. The van der Waals surface area contributed by atoms with Crippen molar-refractivity contribution in [2.24, 2.45) is 0 Å². The minimum Gasteiger partial charge on any atom is -0.476 e. The highest BCUT2D eigenvalue weighted by Gasteiger charge is 2.14. The van der Waals surface area contributed by atoms with Crippen LogP contribution in [0.5, 0.6) is 0 Å². The van der Waals surface area contributed by atoms with Crippen LogP contribution in [-0.4, -0.2) is 16.1 Å². The monoisotopic (exact) mass is 174 g/mol. The van der Waals surface area contributed by atoms with Crippen molar-refractivity contribution in [3.8, 4) is 0 Å². The van der Waals surface area contributed by atoms with Gasteiger partial charge in [-0.15, -0.1) is 0 Å². The van der Waals surface area contributed by atoms with Crippen LogP contribution in [0.2, 0.25) is 0 Å². The second kappa shape index (κ2) is 2.72. The van der Waals surface area contributed by atoms with Crippen LogP contribution in [0, 0.1) is 11.8 Å². The second-order valence-corrected chi connectivity index (χ2v) is 2.00. The largest absolute Gasteiger partial charge is 0.476 e. The maximum Gasteiger partial charge on any atom is 0.356 e. The van der Waals surface area contributed by atoms with Crippen molar-refractivity contribution in [3.05, 3.63) is 23.5 Å². The van der Waals surface area contributed by atoms with Gasteiger partial charge in [-0.1, -0.05) is 0 Å². The van der Waals surface area contributed by atoms with Crippen molar-refractivity contribution >= 4 is 11.7 Å². The Kier molecular flexibility index (Phi) is 1.90. The smallest absolute Gasteiger partial charge is 0.356 e. The van der Waals surface area contributed by atoms with Crippen LogP contribution < -0.4 is 5.73 Å². The number of nitrogens with zero attached hydrogens (tertiary/aromatic N) is 1. The molecule has 0 fully saturated rings. The molecular formula is C6H4F2N2O2. The number of carbonyl (C=O) groups is 1. The molecule has 0 aromatic carbocycles. The van der Waals surface area contributed by atoms with Gasteiger partial charge in [0.05, 0.1) is 5.69 Å². The minimum atomic E-state index is -1.49. The summed E-state index contributed by atoms with van der Waals surface area (Å²) < 4.78 is 24.6. The molecule has 1 rings (SSSR count). The van der Waals surface area contributed by atoms with Crippen molar-refractivity contribution in [1.29, 1.82) is 0 Å². The van der Waals surface area contributed by atoms with Gasteiger partial charge in [0.25, 0.3) is 0 Å². The van der Waals surface area contributed by atoms with Gasteiger partial charge >= 0.3 is 5.97 Å². The fourth-order valence-corrected chi connectivity index (χ4v) is 0.652. The predicted molar refractivity (Wildman–Crippen MR) is 35.5 cm³/mol. The third kappa shape index (κ3) is 1.31. The molecule has 0 spiro atoms. The molecule has 4 nitrogen and oxygen atoms in total. The maximum absolute atomic E-state index is 12.3. The van der Waals surface area contributed by atoms with Gasteiger partial charge in [0.1, 0.15) is 0 Å². The molecule has 6 heteroatoms. The molecule has 0 bridgehead atoms. The summed E-state index contributed by atoms with van der Waals surface area (Å²) in [5.41, 5.74) is 3.95. The van der Waals surface area contributed by atoms with Crippen molar-refractivity contribution in [2.75, 3.05) is 5.73 Å². The number of pyridine rings is 1. The molecule has 0 aliphatic carbocycles. The Bertz CT molecular complexity index is 341. The lowest BCUT2D eigenvalue weighted by molar-refractivity contribution is 0.0690. The zero-order valence-corrected chi connectivity index (χ0v) is 5.71. The molecule has 1 aromatic heterocycles. The summed E-state index contributed by atoms with van der Waals surface area (Å²) in [6.07, 6.45) is 0. The Morgan fingerprint density at radius 3 is 2.67 bits per heavy atom.